The number of para-hydroxylation sites is 3. The maximum absolute atomic E-state index is 2.85. The Labute approximate surface area is 352 Å². The quantitative estimate of drug-likeness (QED) is 0.162. The van der Waals surface area contributed by atoms with Crippen LogP contribution in [-0.2, 0) is 5.41 Å². The Hall–Kier alpha value is -6.78. The van der Waals surface area contributed by atoms with Gasteiger partial charge in [-0.2, -0.15) is 0 Å². The zero-order valence-corrected chi connectivity index (χ0v) is 34.1. The molecule has 3 aliphatic heterocycles. The second-order valence-electron chi connectivity index (χ2n) is 18.0. The highest BCUT2D eigenvalue weighted by Crippen LogP contribution is 2.62. The lowest BCUT2D eigenvalue weighted by atomic mass is 9.33. The largest absolute Gasteiger partial charge is 0.335 e. The second kappa shape index (κ2) is 12.4. The molecule has 3 nitrogen and oxygen atoms in total. The van der Waals surface area contributed by atoms with Gasteiger partial charge in [-0.15, -0.1) is 0 Å². The highest BCUT2D eigenvalue weighted by Gasteiger charge is 2.61. The number of anilines is 5. The zero-order chi connectivity index (χ0) is 39.7. The van der Waals surface area contributed by atoms with Crippen molar-refractivity contribution in [3.63, 3.8) is 0 Å². The van der Waals surface area contributed by atoms with Gasteiger partial charge in [0.05, 0.1) is 16.7 Å². The molecule has 13 rings (SSSR count). The van der Waals surface area contributed by atoms with Crippen LogP contribution in [-0.4, -0.2) is 16.8 Å². The van der Waals surface area contributed by atoms with E-state index in [2.05, 4.69) is 210 Å². The number of rotatable bonds is 5. The van der Waals surface area contributed by atoms with E-state index < -0.39 is 0 Å². The first-order valence-electron chi connectivity index (χ1n) is 21.8. The number of hydrogen-bond donors (Lipinski definition) is 0. The lowest BCUT2D eigenvalue weighted by Gasteiger charge is -2.52. The van der Waals surface area contributed by atoms with Crippen LogP contribution in [0.4, 0.5) is 28.4 Å². The van der Waals surface area contributed by atoms with E-state index in [1.165, 1.54) is 108 Å². The minimum atomic E-state index is -0.0732. The van der Waals surface area contributed by atoms with Crippen LogP contribution < -0.4 is 26.2 Å². The van der Waals surface area contributed by atoms with E-state index in [0.29, 0.717) is 0 Å². The van der Waals surface area contributed by atoms with Crippen molar-refractivity contribution in [2.75, 3.05) is 9.80 Å². The van der Waals surface area contributed by atoms with Crippen LogP contribution in [0, 0.1) is 0 Å². The molecule has 4 heteroatoms. The van der Waals surface area contributed by atoms with Gasteiger partial charge >= 0.3 is 0 Å². The molecule has 1 saturated carbocycles. The molecule has 0 bridgehead atoms. The molecular weight excluding hydrogens is 725 g/mol. The van der Waals surface area contributed by atoms with Crippen molar-refractivity contribution in [3.05, 3.63) is 188 Å². The van der Waals surface area contributed by atoms with Gasteiger partial charge in [0.1, 0.15) is 0 Å². The van der Waals surface area contributed by atoms with Gasteiger partial charge in [0.25, 0.3) is 6.71 Å². The highest BCUT2D eigenvalue weighted by atomic mass is 15.3. The standard InChI is InChI=1S/C56H44BN3/c1-55-30-15-16-31-56(55,2)60-51-36-43(58(41-22-11-5-12-23-41)42-24-13-6-14-25-42)35-50-52(51)57(47-27-17-26-46(55)54(47)60)48-34-40(38-20-9-4-10-21-38)33-45-44-32-39(37-18-7-3-8-19-37)28-29-49(44)59(50)53(45)48/h3-14,17-29,32-36H,15-16,30-31H2,1-2H3. The van der Waals surface area contributed by atoms with E-state index in [1.807, 2.05) is 0 Å². The van der Waals surface area contributed by atoms with Crippen molar-refractivity contribution < 1.29 is 0 Å². The monoisotopic (exact) mass is 769 g/mol. The van der Waals surface area contributed by atoms with Crippen LogP contribution in [0.1, 0.15) is 45.1 Å². The van der Waals surface area contributed by atoms with Gasteiger partial charge in [0.15, 0.2) is 0 Å². The Morgan fingerprint density at radius 2 is 1.12 bits per heavy atom. The molecule has 0 spiro atoms. The first kappa shape index (κ1) is 34.1. The fourth-order valence-corrected chi connectivity index (χ4v) is 12.1. The van der Waals surface area contributed by atoms with Gasteiger partial charge in [-0.05, 0) is 119 Å². The summed E-state index contributed by atoms with van der Waals surface area (Å²) in [6.07, 6.45) is 4.87. The van der Waals surface area contributed by atoms with Gasteiger partial charge < -0.3 is 14.4 Å². The fourth-order valence-electron chi connectivity index (χ4n) is 12.1. The molecule has 1 fully saturated rings. The third-order valence-corrected chi connectivity index (χ3v) is 15.1. The Kier molecular flexibility index (Phi) is 7.04. The van der Waals surface area contributed by atoms with Crippen molar-refractivity contribution in [2.45, 2.75) is 50.5 Å². The van der Waals surface area contributed by atoms with E-state index in [0.717, 1.165) is 17.8 Å². The summed E-state index contributed by atoms with van der Waals surface area (Å²) in [4.78, 5) is 5.32. The molecule has 8 aromatic carbocycles. The van der Waals surface area contributed by atoms with Gasteiger partial charge in [-0.25, -0.2) is 0 Å². The summed E-state index contributed by atoms with van der Waals surface area (Å²) in [7, 11) is 0. The first-order valence-corrected chi connectivity index (χ1v) is 21.8. The van der Waals surface area contributed by atoms with Crippen molar-refractivity contribution in [1.29, 1.82) is 0 Å². The average molecular weight is 770 g/mol. The molecule has 4 aliphatic rings. The SMILES string of the molecule is CC12CCCCC1(C)N1c3cc(N(c4ccccc4)c4ccccc4)cc4c3B(c3cccc2c31)c1cc(-c2ccccc2)cc2c3cc(-c5ccccc5)ccc3n-4c12. The maximum atomic E-state index is 2.85. The van der Waals surface area contributed by atoms with E-state index in [9.17, 15) is 0 Å². The molecule has 4 heterocycles. The van der Waals surface area contributed by atoms with E-state index >= 15 is 0 Å². The van der Waals surface area contributed by atoms with Crippen LogP contribution in [0.2, 0.25) is 0 Å². The molecule has 1 aliphatic carbocycles. The zero-order valence-electron chi connectivity index (χ0n) is 34.1. The molecule has 0 N–H and O–H groups in total. The van der Waals surface area contributed by atoms with Crippen LogP contribution in [0.25, 0.3) is 49.7 Å². The van der Waals surface area contributed by atoms with Gasteiger partial charge in [0.2, 0.25) is 0 Å². The number of nitrogens with zero attached hydrogens (tertiary/aromatic N) is 3. The molecular formula is C56H44BN3. The number of fused-ring (bicyclic) bond motifs is 10. The van der Waals surface area contributed by atoms with Gasteiger partial charge in [-0.3, -0.25) is 0 Å². The average Bonchev–Trinajstić information content (AvgIpc) is 3.74. The van der Waals surface area contributed by atoms with Gasteiger partial charge in [0, 0.05) is 50.1 Å². The summed E-state index contributed by atoms with van der Waals surface area (Å²) in [5.74, 6) is 0. The minimum Gasteiger partial charge on any atom is -0.335 e. The van der Waals surface area contributed by atoms with E-state index in [1.54, 1.807) is 0 Å². The van der Waals surface area contributed by atoms with Crippen molar-refractivity contribution in [3.8, 4) is 27.9 Å². The Morgan fingerprint density at radius 1 is 0.500 bits per heavy atom. The van der Waals surface area contributed by atoms with Crippen molar-refractivity contribution in [2.24, 2.45) is 0 Å². The predicted molar refractivity (Wildman–Crippen MR) is 254 cm³/mol. The van der Waals surface area contributed by atoms with Crippen molar-refractivity contribution >= 4 is 73.3 Å². The van der Waals surface area contributed by atoms with E-state index in [4.69, 9.17) is 0 Å². The molecule has 2 unspecified atom stereocenters. The Bertz CT molecular complexity index is 3150. The highest BCUT2D eigenvalue weighted by molar-refractivity contribution is 7.00. The second-order valence-corrected chi connectivity index (χ2v) is 18.0. The smallest absolute Gasteiger partial charge is 0.252 e. The summed E-state index contributed by atoms with van der Waals surface area (Å²) in [5.41, 5.74) is 20.9. The molecule has 0 saturated heterocycles. The third-order valence-electron chi connectivity index (χ3n) is 15.1. The molecule has 286 valence electrons. The molecule has 60 heavy (non-hydrogen) atoms. The molecule has 0 amide bonds. The topological polar surface area (TPSA) is 11.4 Å². The Morgan fingerprint density at radius 3 is 1.82 bits per heavy atom. The number of hydrogen-bond acceptors (Lipinski definition) is 2. The maximum Gasteiger partial charge on any atom is 0.252 e. The molecule has 9 aromatic rings. The summed E-state index contributed by atoms with van der Waals surface area (Å²) in [6.45, 7) is 5.23. The summed E-state index contributed by atoms with van der Waals surface area (Å²) in [5, 5.41) is 2.60. The molecule has 1 aromatic heterocycles. The Balaban J connectivity index is 1.20. The van der Waals surface area contributed by atoms with Crippen LogP contribution in [0.3, 0.4) is 0 Å². The lowest BCUT2D eigenvalue weighted by Crippen LogP contribution is -2.64. The third kappa shape index (κ3) is 4.46. The summed E-state index contributed by atoms with van der Waals surface area (Å²) in [6, 6.07) is 68.3. The van der Waals surface area contributed by atoms with Gasteiger partial charge in [-0.1, -0.05) is 147 Å². The number of benzene rings is 8. The molecule has 0 radical (unpaired) electrons. The fraction of sp³-hybridized carbons (Fsp3) is 0.143. The minimum absolute atomic E-state index is 0.0304. The van der Waals surface area contributed by atoms with Crippen LogP contribution in [0.15, 0.2) is 182 Å². The van der Waals surface area contributed by atoms with Crippen molar-refractivity contribution in [1.82, 2.24) is 4.57 Å². The number of aromatic nitrogens is 1. The van der Waals surface area contributed by atoms with E-state index in [-0.39, 0.29) is 17.7 Å². The first-order chi connectivity index (χ1) is 29.5. The predicted octanol–water partition coefficient (Wildman–Crippen LogP) is 12.5. The summed E-state index contributed by atoms with van der Waals surface area (Å²) >= 11 is 0. The summed E-state index contributed by atoms with van der Waals surface area (Å²) < 4.78 is 2.64. The van der Waals surface area contributed by atoms with Crippen LogP contribution >= 0.6 is 0 Å². The normalized spacial score (nSPS) is 19.3. The molecule has 2 atom stereocenters. The van der Waals surface area contributed by atoms with Crippen LogP contribution in [0.5, 0.6) is 0 Å². The lowest BCUT2D eigenvalue weighted by molar-refractivity contribution is 0.195.